The van der Waals surface area contributed by atoms with Crippen molar-refractivity contribution in [2.45, 2.75) is 20.0 Å². The summed E-state index contributed by atoms with van der Waals surface area (Å²) in [6.07, 6.45) is 3.07. The van der Waals surface area contributed by atoms with Crippen LogP contribution in [0.3, 0.4) is 0 Å². The molecule has 0 aliphatic rings. The SMILES string of the molecule is CC(C)Oc1ccccc1C=CC(=O)c1cccc([N+](=O)[O-])c1. The number of hydrogen-bond acceptors (Lipinski definition) is 4. The Morgan fingerprint density at radius 2 is 1.91 bits per heavy atom. The Hall–Kier alpha value is -2.95. The lowest BCUT2D eigenvalue weighted by Crippen LogP contribution is -2.06. The monoisotopic (exact) mass is 311 g/mol. The highest BCUT2D eigenvalue weighted by molar-refractivity contribution is 6.07. The molecule has 0 amide bonds. The summed E-state index contributed by atoms with van der Waals surface area (Å²) in [5.41, 5.74) is 0.950. The molecule has 0 unspecified atom stereocenters. The van der Waals surface area contributed by atoms with Crippen LogP contribution in [-0.2, 0) is 0 Å². The highest BCUT2D eigenvalue weighted by atomic mass is 16.6. The number of ketones is 1. The van der Waals surface area contributed by atoms with Crippen LogP contribution in [0, 0.1) is 10.1 Å². The highest BCUT2D eigenvalue weighted by Gasteiger charge is 2.09. The van der Waals surface area contributed by atoms with Gasteiger partial charge in [-0.25, -0.2) is 0 Å². The van der Waals surface area contributed by atoms with Gasteiger partial charge in [-0.2, -0.15) is 0 Å². The molecule has 0 saturated carbocycles. The molecule has 0 heterocycles. The predicted octanol–water partition coefficient (Wildman–Crippen LogP) is 4.28. The lowest BCUT2D eigenvalue weighted by atomic mass is 10.1. The van der Waals surface area contributed by atoms with Crippen molar-refractivity contribution < 1.29 is 14.5 Å². The molecule has 0 radical (unpaired) electrons. The lowest BCUT2D eigenvalue weighted by Gasteiger charge is -2.11. The van der Waals surface area contributed by atoms with Crippen molar-refractivity contribution in [3.8, 4) is 5.75 Å². The lowest BCUT2D eigenvalue weighted by molar-refractivity contribution is -0.384. The Balaban J connectivity index is 2.22. The van der Waals surface area contributed by atoms with Gasteiger partial charge >= 0.3 is 0 Å². The largest absolute Gasteiger partial charge is 0.490 e. The van der Waals surface area contributed by atoms with Crippen LogP contribution < -0.4 is 4.74 Å². The van der Waals surface area contributed by atoms with Crippen molar-refractivity contribution in [1.29, 1.82) is 0 Å². The van der Waals surface area contributed by atoms with Crippen LogP contribution in [0.2, 0.25) is 0 Å². The Kier molecular flexibility index (Phi) is 5.25. The van der Waals surface area contributed by atoms with Crippen LogP contribution in [0.15, 0.2) is 54.6 Å². The topological polar surface area (TPSA) is 69.4 Å². The van der Waals surface area contributed by atoms with Crippen LogP contribution >= 0.6 is 0 Å². The number of nitro groups is 1. The molecule has 0 N–H and O–H groups in total. The minimum Gasteiger partial charge on any atom is -0.490 e. The first-order chi connectivity index (χ1) is 11.0. The fraction of sp³-hybridized carbons (Fsp3) is 0.167. The summed E-state index contributed by atoms with van der Waals surface area (Å²) in [5, 5.41) is 10.8. The summed E-state index contributed by atoms with van der Waals surface area (Å²) in [6.45, 7) is 3.85. The fourth-order valence-electron chi connectivity index (χ4n) is 2.01. The first-order valence-corrected chi connectivity index (χ1v) is 7.20. The average molecular weight is 311 g/mol. The molecular weight excluding hydrogens is 294 g/mol. The van der Waals surface area contributed by atoms with E-state index in [4.69, 9.17) is 4.74 Å². The number of nitro benzene ring substituents is 1. The van der Waals surface area contributed by atoms with E-state index in [1.807, 2.05) is 38.1 Å². The van der Waals surface area contributed by atoms with Crippen molar-refractivity contribution >= 4 is 17.5 Å². The minimum atomic E-state index is -0.522. The molecule has 5 heteroatoms. The molecule has 0 atom stereocenters. The van der Waals surface area contributed by atoms with E-state index in [9.17, 15) is 14.9 Å². The molecule has 0 aliphatic heterocycles. The summed E-state index contributed by atoms with van der Waals surface area (Å²) in [5.74, 6) is 0.388. The van der Waals surface area contributed by atoms with E-state index >= 15 is 0 Å². The molecule has 0 spiro atoms. The summed E-state index contributed by atoms with van der Waals surface area (Å²) >= 11 is 0. The van der Waals surface area contributed by atoms with Gasteiger partial charge in [0.05, 0.1) is 11.0 Å². The third-order valence-electron chi connectivity index (χ3n) is 3.04. The van der Waals surface area contributed by atoms with Crippen molar-refractivity contribution in [3.05, 3.63) is 75.8 Å². The van der Waals surface area contributed by atoms with Crippen molar-refractivity contribution in [3.63, 3.8) is 0 Å². The van der Waals surface area contributed by atoms with E-state index in [1.54, 1.807) is 12.1 Å². The van der Waals surface area contributed by atoms with Crippen LogP contribution in [0.4, 0.5) is 5.69 Å². The second-order valence-corrected chi connectivity index (χ2v) is 5.21. The van der Waals surface area contributed by atoms with Crippen LogP contribution in [-0.4, -0.2) is 16.8 Å². The maximum atomic E-state index is 12.2. The molecule has 2 rings (SSSR count). The van der Waals surface area contributed by atoms with Crippen molar-refractivity contribution in [2.24, 2.45) is 0 Å². The number of nitrogens with zero attached hydrogens (tertiary/aromatic N) is 1. The number of non-ortho nitro benzene ring substituents is 1. The molecule has 0 saturated heterocycles. The molecule has 0 aliphatic carbocycles. The van der Waals surface area contributed by atoms with E-state index in [1.165, 1.54) is 24.3 Å². The number of allylic oxidation sites excluding steroid dienone is 1. The zero-order valence-corrected chi connectivity index (χ0v) is 12.9. The molecule has 5 nitrogen and oxygen atoms in total. The quantitative estimate of drug-likeness (QED) is 0.345. The Morgan fingerprint density at radius 1 is 1.17 bits per heavy atom. The third-order valence-corrected chi connectivity index (χ3v) is 3.04. The van der Waals surface area contributed by atoms with Gasteiger partial charge in [-0.05, 0) is 32.1 Å². The molecule has 118 valence electrons. The number of para-hydroxylation sites is 1. The second kappa shape index (κ2) is 7.35. The number of carbonyl (C=O) groups excluding carboxylic acids is 1. The van der Waals surface area contributed by atoms with Crippen LogP contribution in [0.5, 0.6) is 5.75 Å². The summed E-state index contributed by atoms with van der Waals surface area (Å²) < 4.78 is 5.68. The number of benzene rings is 2. The number of carbonyl (C=O) groups is 1. The second-order valence-electron chi connectivity index (χ2n) is 5.21. The first kappa shape index (κ1) is 16.4. The first-order valence-electron chi connectivity index (χ1n) is 7.20. The van der Waals surface area contributed by atoms with Gasteiger partial charge < -0.3 is 4.74 Å². The maximum absolute atomic E-state index is 12.2. The highest BCUT2D eigenvalue weighted by Crippen LogP contribution is 2.21. The summed E-state index contributed by atoms with van der Waals surface area (Å²) in [6, 6.07) is 13.1. The molecule has 23 heavy (non-hydrogen) atoms. The molecule has 0 fully saturated rings. The predicted molar refractivity (Wildman–Crippen MR) is 88.7 cm³/mol. The number of ether oxygens (including phenoxy) is 1. The molecule has 0 bridgehead atoms. The van der Waals surface area contributed by atoms with E-state index < -0.39 is 4.92 Å². The van der Waals surface area contributed by atoms with Crippen LogP contribution in [0.25, 0.3) is 6.08 Å². The summed E-state index contributed by atoms with van der Waals surface area (Å²) in [7, 11) is 0. The zero-order valence-electron chi connectivity index (χ0n) is 12.9. The van der Waals surface area contributed by atoms with Gasteiger partial charge in [0.1, 0.15) is 5.75 Å². The van der Waals surface area contributed by atoms with Gasteiger partial charge in [0, 0.05) is 23.3 Å². The smallest absolute Gasteiger partial charge is 0.270 e. The van der Waals surface area contributed by atoms with Gasteiger partial charge in [-0.15, -0.1) is 0 Å². The average Bonchev–Trinajstić information content (AvgIpc) is 2.53. The van der Waals surface area contributed by atoms with E-state index in [0.717, 1.165) is 5.56 Å². The Labute approximate surface area is 134 Å². The molecule has 2 aromatic carbocycles. The normalized spacial score (nSPS) is 10.9. The molecule has 2 aromatic rings. The minimum absolute atomic E-state index is 0.0250. The van der Waals surface area contributed by atoms with Crippen molar-refractivity contribution in [1.82, 2.24) is 0 Å². The van der Waals surface area contributed by atoms with Gasteiger partial charge in [0.2, 0.25) is 0 Å². The standard InChI is InChI=1S/C18H17NO4/c1-13(2)23-18-9-4-3-6-14(18)10-11-17(20)15-7-5-8-16(12-15)19(21)22/h3-13H,1-2H3. The summed E-state index contributed by atoms with van der Waals surface area (Å²) in [4.78, 5) is 22.4. The van der Waals surface area contributed by atoms with Crippen LogP contribution in [0.1, 0.15) is 29.8 Å². The molecular formula is C18H17NO4. The van der Waals surface area contributed by atoms with Gasteiger partial charge in [-0.3, -0.25) is 14.9 Å². The van der Waals surface area contributed by atoms with E-state index in [-0.39, 0.29) is 23.1 Å². The zero-order chi connectivity index (χ0) is 16.8. The van der Waals surface area contributed by atoms with Gasteiger partial charge in [-0.1, -0.05) is 30.3 Å². The maximum Gasteiger partial charge on any atom is 0.270 e. The van der Waals surface area contributed by atoms with Gasteiger partial charge in [0.15, 0.2) is 5.78 Å². The molecule has 0 aromatic heterocycles. The third kappa shape index (κ3) is 4.51. The number of hydrogen-bond donors (Lipinski definition) is 0. The van der Waals surface area contributed by atoms with Gasteiger partial charge in [0.25, 0.3) is 5.69 Å². The Bertz CT molecular complexity index is 750. The fourth-order valence-corrected chi connectivity index (χ4v) is 2.01. The Morgan fingerprint density at radius 3 is 2.61 bits per heavy atom. The van der Waals surface area contributed by atoms with E-state index in [0.29, 0.717) is 5.75 Å². The van der Waals surface area contributed by atoms with Crippen molar-refractivity contribution in [2.75, 3.05) is 0 Å². The van der Waals surface area contributed by atoms with E-state index in [2.05, 4.69) is 0 Å². The number of rotatable bonds is 6.